The Morgan fingerprint density at radius 1 is 1.06 bits per heavy atom. The van der Waals surface area contributed by atoms with E-state index in [1.54, 1.807) is 26.0 Å². The van der Waals surface area contributed by atoms with Crippen LogP contribution in [0.3, 0.4) is 0 Å². The highest BCUT2D eigenvalue weighted by atomic mass is 35.5. The van der Waals surface area contributed by atoms with Crippen molar-refractivity contribution < 1.29 is 22.4 Å². The van der Waals surface area contributed by atoms with Crippen LogP contribution in [0.5, 0.6) is 0 Å². The van der Waals surface area contributed by atoms with E-state index >= 15 is 0 Å². The van der Waals surface area contributed by atoms with Gasteiger partial charge >= 0.3 is 5.97 Å². The Kier molecular flexibility index (Phi) is 6.36. The van der Waals surface area contributed by atoms with E-state index in [1.165, 1.54) is 12.1 Å². The van der Waals surface area contributed by atoms with Gasteiger partial charge in [0.15, 0.2) is 0 Å². The molecule has 0 unspecified atom stereocenters. The zero-order chi connectivity index (χ0) is 23.8. The summed E-state index contributed by atoms with van der Waals surface area (Å²) in [6.45, 7) is 5.70. The number of sulfonamides is 1. The van der Waals surface area contributed by atoms with E-state index in [2.05, 4.69) is 4.72 Å². The third-order valence-corrected chi connectivity index (χ3v) is 7.20. The number of halogens is 1. The molecule has 0 amide bonds. The molecule has 3 aromatic carbocycles. The van der Waals surface area contributed by atoms with E-state index in [1.807, 2.05) is 31.2 Å². The predicted octanol–water partition coefficient (Wildman–Crippen LogP) is 6.48. The lowest BCUT2D eigenvalue weighted by Gasteiger charge is -2.12. The van der Waals surface area contributed by atoms with Crippen LogP contribution >= 0.6 is 11.6 Å². The van der Waals surface area contributed by atoms with Gasteiger partial charge in [0.2, 0.25) is 0 Å². The SMILES string of the molecule is CCCc1oc2c(cc(NS(=O)(=O)c3ccc(Cl)c(C)c3)c3ccccc32)c1C(=O)OCC. The van der Waals surface area contributed by atoms with Crippen LogP contribution < -0.4 is 4.72 Å². The Morgan fingerprint density at radius 3 is 2.45 bits per heavy atom. The highest BCUT2D eigenvalue weighted by Crippen LogP contribution is 2.38. The summed E-state index contributed by atoms with van der Waals surface area (Å²) < 4.78 is 40.5. The second-order valence-corrected chi connectivity index (χ2v) is 9.82. The summed E-state index contributed by atoms with van der Waals surface area (Å²) in [7, 11) is -3.91. The van der Waals surface area contributed by atoms with Gasteiger partial charge in [0.1, 0.15) is 16.9 Å². The van der Waals surface area contributed by atoms with Crippen LogP contribution in [0.15, 0.2) is 57.8 Å². The minimum atomic E-state index is -3.91. The number of anilines is 1. The van der Waals surface area contributed by atoms with Crippen molar-refractivity contribution in [3.63, 3.8) is 0 Å². The summed E-state index contributed by atoms with van der Waals surface area (Å²) in [6, 6.07) is 13.5. The summed E-state index contributed by atoms with van der Waals surface area (Å²) in [5.74, 6) is 0.0431. The molecule has 0 spiro atoms. The van der Waals surface area contributed by atoms with Crippen LogP contribution in [0.25, 0.3) is 21.7 Å². The monoisotopic (exact) mass is 485 g/mol. The number of nitrogens with one attached hydrogen (secondary N) is 1. The molecular formula is C25H24ClNO5S. The smallest absolute Gasteiger partial charge is 0.342 e. The molecule has 6 nitrogen and oxygen atoms in total. The van der Waals surface area contributed by atoms with Crippen molar-refractivity contribution in [2.75, 3.05) is 11.3 Å². The van der Waals surface area contributed by atoms with E-state index < -0.39 is 16.0 Å². The van der Waals surface area contributed by atoms with E-state index in [0.717, 1.165) is 6.42 Å². The molecule has 1 aromatic heterocycles. The zero-order valence-electron chi connectivity index (χ0n) is 18.6. The number of esters is 1. The van der Waals surface area contributed by atoms with Crippen LogP contribution in [0.4, 0.5) is 5.69 Å². The molecule has 4 rings (SSSR count). The molecule has 0 saturated carbocycles. The molecule has 1 N–H and O–H groups in total. The first-order valence-electron chi connectivity index (χ1n) is 10.7. The fraction of sp³-hybridized carbons (Fsp3) is 0.240. The maximum Gasteiger partial charge on any atom is 0.342 e. The number of ether oxygens (including phenoxy) is 1. The molecule has 1 heterocycles. The van der Waals surface area contributed by atoms with Gasteiger partial charge in [-0.1, -0.05) is 42.8 Å². The van der Waals surface area contributed by atoms with Gasteiger partial charge in [-0.2, -0.15) is 0 Å². The number of rotatable bonds is 7. The number of furan rings is 1. The van der Waals surface area contributed by atoms with Crippen molar-refractivity contribution in [1.82, 2.24) is 0 Å². The summed E-state index contributed by atoms with van der Waals surface area (Å²) >= 11 is 6.07. The third-order valence-electron chi connectivity index (χ3n) is 5.41. The van der Waals surface area contributed by atoms with E-state index in [4.69, 9.17) is 20.8 Å². The molecule has 33 heavy (non-hydrogen) atoms. The van der Waals surface area contributed by atoms with E-state index in [-0.39, 0.29) is 11.5 Å². The lowest BCUT2D eigenvalue weighted by molar-refractivity contribution is 0.0526. The number of fused-ring (bicyclic) bond motifs is 3. The molecule has 0 aliphatic heterocycles. The van der Waals surface area contributed by atoms with E-state index in [0.29, 0.717) is 55.8 Å². The molecule has 8 heteroatoms. The van der Waals surface area contributed by atoms with Gasteiger partial charge in [0.05, 0.1) is 17.2 Å². The maximum absolute atomic E-state index is 13.2. The lowest BCUT2D eigenvalue weighted by atomic mass is 10.0. The molecule has 0 radical (unpaired) electrons. The molecule has 0 aliphatic carbocycles. The van der Waals surface area contributed by atoms with Gasteiger partial charge in [-0.15, -0.1) is 0 Å². The Morgan fingerprint density at radius 2 is 1.79 bits per heavy atom. The fourth-order valence-electron chi connectivity index (χ4n) is 3.87. The van der Waals surface area contributed by atoms with Crippen LogP contribution in [-0.2, 0) is 21.2 Å². The summed E-state index contributed by atoms with van der Waals surface area (Å²) in [6.07, 6.45) is 1.34. The van der Waals surface area contributed by atoms with Gasteiger partial charge < -0.3 is 9.15 Å². The van der Waals surface area contributed by atoms with Crippen molar-refractivity contribution in [2.45, 2.75) is 38.5 Å². The molecule has 0 aliphatic rings. The number of carbonyl (C=O) groups is 1. The minimum absolute atomic E-state index is 0.0954. The highest BCUT2D eigenvalue weighted by Gasteiger charge is 2.25. The Labute approximate surface area is 197 Å². The first-order valence-corrected chi connectivity index (χ1v) is 12.6. The predicted molar refractivity (Wildman–Crippen MR) is 131 cm³/mol. The maximum atomic E-state index is 13.2. The largest absolute Gasteiger partial charge is 0.462 e. The van der Waals surface area contributed by atoms with Crippen LogP contribution in [0, 0.1) is 6.92 Å². The van der Waals surface area contributed by atoms with Gasteiger partial charge in [-0.3, -0.25) is 4.72 Å². The molecular weight excluding hydrogens is 462 g/mol. The number of carbonyl (C=O) groups excluding carboxylic acids is 1. The molecule has 4 aromatic rings. The van der Waals surface area contributed by atoms with Crippen LogP contribution in [0.2, 0.25) is 5.02 Å². The zero-order valence-corrected chi connectivity index (χ0v) is 20.1. The Bertz CT molecular complexity index is 1470. The van der Waals surface area contributed by atoms with Crippen LogP contribution in [0.1, 0.15) is 41.9 Å². The normalized spacial score (nSPS) is 11.8. The van der Waals surface area contributed by atoms with Gasteiger partial charge in [0.25, 0.3) is 10.0 Å². The van der Waals surface area contributed by atoms with Crippen molar-refractivity contribution in [2.24, 2.45) is 0 Å². The van der Waals surface area contributed by atoms with Crippen molar-refractivity contribution in [3.05, 3.63) is 70.4 Å². The van der Waals surface area contributed by atoms with Crippen molar-refractivity contribution in [3.8, 4) is 0 Å². The molecule has 0 bridgehead atoms. The van der Waals surface area contributed by atoms with E-state index in [9.17, 15) is 13.2 Å². The Hall–Kier alpha value is -3.03. The molecule has 0 saturated heterocycles. The number of hydrogen-bond acceptors (Lipinski definition) is 5. The number of aryl methyl sites for hydroxylation is 2. The van der Waals surface area contributed by atoms with Gasteiger partial charge in [-0.05, 0) is 50.1 Å². The first-order chi connectivity index (χ1) is 15.8. The second kappa shape index (κ2) is 9.08. The van der Waals surface area contributed by atoms with Crippen LogP contribution in [-0.4, -0.2) is 21.0 Å². The summed E-state index contributed by atoms with van der Waals surface area (Å²) in [5.41, 5.74) is 1.87. The quantitative estimate of drug-likeness (QED) is 0.303. The average molecular weight is 486 g/mol. The Balaban J connectivity index is 1.95. The second-order valence-electron chi connectivity index (χ2n) is 7.73. The lowest BCUT2D eigenvalue weighted by Crippen LogP contribution is -2.13. The topological polar surface area (TPSA) is 85.6 Å². The molecule has 0 fully saturated rings. The third kappa shape index (κ3) is 4.30. The molecule has 0 atom stereocenters. The first kappa shape index (κ1) is 23.1. The standard InChI is InChI=1S/C25H24ClNO5S/c1-4-8-22-23(25(28)31-5-2)19-14-21(17-9-6-7-10-18(17)24(19)32-22)27-33(29,30)16-11-12-20(26)15(3)13-16/h6-7,9-14,27H,4-5,8H2,1-3H3. The summed E-state index contributed by atoms with van der Waals surface area (Å²) in [5, 5.41) is 2.36. The molecule has 172 valence electrons. The minimum Gasteiger partial charge on any atom is -0.462 e. The highest BCUT2D eigenvalue weighted by molar-refractivity contribution is 7.92. The fourth-order valence-corrected chi connectivity index (χ4v) is 5.14. The average Bonchev–Trinajstić information content (AvgIpc) is 3.14. The van der Waals surface area contributed by atoms with Crippen molar-refractivity contribution >= 4 is 55.0 Å². The number of benzene rings is 3. The summed E-state index contributed by atoms with van der Waals surface area (Å²) in [4.78, 5) is 12.9. The van der Waals surface area contributed by atoms with Gasteiger partial charge in [-0.25, -0.2) is 13.2 Å². The number of hydrogen-bond donors (Lipinski definition) is 1. The van der Waals surface area contributed by atoms with Gasteiger partial charge in [0, 0.05) is 27.6 Å². The van der Waals surface area contributed by atoms with Crippen molar-refractivity contribution in [1.29, 1.82) is 0 Å².